The van der Waals surface area contributed by atoms with Crippen molar-refractivity contribution in [1.82, 2.24) is 9.66 Å². The van der Waals surface area contributed by atoms with Crippen LogP contribution < -0.4 is 10.3 Å². The maximum absolute atomic E-state index is 13.2. The minimum absolute atomic E-state index is 0.256. The van der Waals surface area contributed by atoms with Gasteiger partial charge in [-0.05, 0) is 52.3 Å². The summed E-state index contributed by atoms with van der Waals surface area (Å²) >= 11 is 19.5. The van der Waals surface area contributed by atoms with E-state index in [0.29, 0.717) is 49.0 Å². The van der Waals surface area contributed by atoms with Gasteiger partial charge in [0.1, 0.15) is 18.2 Å². The molecule has 0 N–H and O–H groups in total. The molecule has 3 aromatic carbocycles. The van der Waals surface area contributed by atoms with E-state index in [-0.39, 0.29) is 12.2 Å². The van der Waals surface area contributed by atoms with Crippen molar-refractivity contribution in [2.45, 2.75) is 20.0 Å². The van der Waals surface area contributed by atoms with Crippen molar-refractivity contribution in [3.63, 3.8) is 0 Å². The smallest absolute Gasteiger partial charge is 0.282 e. The first-order chi connectivity index (χ1) is 15.9. The van der Waals surface area contributed by atoms with E-state index in [4.69, 9.17) is 27.9 Å². The monoisotopic (exact) mass is 607 g/mol. The Hall–Kier alpha value is -2.19. The molecule has 4 rings (SSSR count). The van der Waals surface area contributed by atoms with Gasteiger partial charge in [-0.2, -0.15) is 9.78 Å². The van der Waals surface area contributed by atoms with Gasteiger partial charge in [-0.1, -0.05) is 64.3 Å². The minimum atomic E-state index is -0.256. The lowest BCUT2D eigenvalue weighted by Crippen LogP contribution is -2.22. The molecule has 0 amide bonds. The van der Waals surface area contributed by atoms with Crippen molar-refractivity contribution in [2.75, 3.05) is 0 Å². The standard InChI is InChI=1S/C24H17Br2Cl2N3O2/c1-2-22-30-21-8-7-16(25)10-18(21)24(32)31(22)29-12-15-9-17(27)11-19(26)23(15)33-13-14-5-3-4-6-20(14)28/h3-12H,2,13H2,1H3. The second-order valence-electron chi connectivity index (χ2n) is 7.09. The van der Waals surface area contributed by atoms with Crippen LogP contribution in [0.25, 0.3) is 10.9 Å². The van der Waals surface area contributed by atoms with E-state index in [9.17, 15) is 4.79 Å². The first kappa shape index (κ1) is 24.0. The predicted octanol–water partition coefficient (Wildman–Crippen LogP) is 7.25. The fourth-order valence-electron chi connectivity index (χ4n) is 3.26. The van der Waals surface area contributed by atoms with Gasteiger partial charge in [-0.25, -0.2) is 4.98 Å². The molecule has 0 saturated heterocycles. The zero-order chi connectivity index (χ0) is 23.5. The summed E-state index contributed by atoms with van der Waals surface area (Å²) in [5.74, 6) is 1.08. The van der Waals surface area contributed by atoms with E-state index in [1.807, 2.05) is 43.3 Å². The molecule has 33 heavy (non-hydrogen) atoms. The highest BCUT2D eigenvalue weighted by Gasteiger charge is 2.13. The number of hydrogen-bond donors (Lipinski definition) is 0. The molecule has 0 saturated carbocycles. The fraction of sp³-hybridized carbons (Fsp3) is 0.125. The van der Waals surface area contributed by atoms with Gasteiger partial charge in [0.25, 0.3) is 5.56 Å². The number of fused-ring (bicyclic) bond motifs is 1. The van der Waals surface area contributed by atoms with Crippen LogP contribution in [0, 0.1) is 0 Å². The van der Waals surface area contributed by atoms with Crippen LogP contribution in [0.5, 0.6) is 5.75 Å². The lowest BCUT2D eigenvalue weighted by molar-refractivity contribution is 0.304. The van der Waals surface area contributed by atoms with Gasteiger partial charge in [-0.3, -0.25) is 4.79 Å². The Kier molecular flexibility index (Phi) is 7.54. The maximum atomic E-state index is 13.2. The topological polar surface area (TPSA) is 56.5 Å². The van der Waals surface area contributed by atoms with E-state index >= 15 is 0 Å². The maximum Gasteiger partial charge on any atom is 0.282 e. The highest BCUT2D eigenvalue weighted by molar-refractivity contribution is 9.10. The predicted molar refractivity (Wildman–Crippen MR) is 141 cm³/mol. The average Bonchev–Trinajstić information content (AvgIpc) is 2.79. The zero-order valence-corrected chi connectivity index (χ0v) is 22.0. The Morgan fingerprint density at radius 2 is 1.91 bits per heavy atom. The molecule has 5 nitrogen and oxygen atoms in total. The molecular weight excluding hydrogens is 593 g/mol. The number of ether oxygens (including phenoxy) is 1. The highest BCUT2D eigenvalue weighted by Crippen LogP contribution is 2.33. The summed E-state index contributed by atoms with van der Waals surface area (Å²) in [4.78, 5) is 17.8. The Bertz CT molecular complexity index is 1440. The molecule has 0 aliphatic heterocycles. The second kappa shape index (κ2) is 10.4. The summed E-state index contributed by atoms with van der Waals surface area (Å²) < 4.78 is 8.82. The molecule has 4 aromatic rings. The molecule has 0 radical (unpaired) electrons. The molecule has 168 valence electrons. The molecule has 0 bridgehead atoms. The van der Waals surface area contributed by atoms with Crippen LogP contribution >= 0.6 is 55.1 Å². The second-order valence-corrected chi connectivity index (χ2v) is 9.70. The van der Waals surface area contributed by atoms with Crippen molar-refractivity contribution in [3.05, 3.63) is 101 Å². The van der Waals surface area contributed by atoms with Crippen LogP contribution in [0.15, 0.2) is 73.4 Å². The molecule has 1 aromatic heterocycles. The SMILES string of the molecule is CCc1nc2ccc(Br)cc2c(=O)n1N=Cc1cc(Cl)cc(Br)c1OCc1ccccc1Cl. The van der Waals surface area contributed by atoms with Crippen molar-refractivity contribution in [2.24, 2.45) is 5.10 Å². The zero-order valence-electron chi connectivity index (χ0n) is 17.4. The first-order valence-electron chi connectivity index (χ1n) is 9.98. The summed E-state index contributed by atoms with van der Waals surface area (Å²) in [5, 5.41) is 6.04. The lowest BCUT2D eigenvalue weighted by Gasteiger charge is -2.13. The lowest BCUT2D eigenvalue weighted by atomic mass is 10.2. The van der Waals surface area contributed by atoms with Gasteiger partial charge in [0.05, 0.1) is 21.6 Å². The molecule has 0 unspecified atom stereocenters. The molecular formula is C24H17Br2Cl2N3O2. The summed E-state index contributed by atoms with van der Waals surface area (Å²) in [7, 11) is 0. The fourth-order valence-corrected chi connectivity index (χ4v) is 4.76. The van der Waals surface area contributed by atoms with Crippen molar-refractivity contribution < 1.29 is 4.74 Å². The van der Waals surface area contributed by atoms with Gasteiger partial charge >= 0.3 is 0 Å². The van der Waals surface area contributed by atoms with Gasteiger partial charge in [0, 0.05) is 32.1 Å². The number of hydrogen-bond acceptors (Lipinski definition) is 4. The van der Waals surface area contributed by atoms with Gasteiger partial charge < -0.3 is 4.74 Å². The largest absolute Gasteiger partial charge is 0.487 e. The molecule has 0 aliphatic carbocycles. The third kappa shape index (κ3) is 5.32. The van der Waals surface area contributed by atoms with Gasteiger partial charge in [0.15, 0.2) is 0 Å². The van der Waals surface area contributed by atoms with Crippen LogP contribution in [-0.2, 0) is 13.0 Å². The van der Waals surface area contributed by atoms with Crippen LogP contribution in [-0.4, -0.2) is 15.9 Å². The average molecular weight is 610 g/mol. The summed E-state index contributed by atoms with van der Waals surface area (Å²) in [6, 6.07) is 16.3. The Morgan fingerprint density at radius 1 is 1.12 bits per heavy atom. The van der Waals surface area contributed by atoms with Crippen LogP contribution in [0.2, 0.25) is 10.0 Å². The number of aromatic nitrogens is 2. The third-order valence-corrected chi connectivity index (χ3v) is 6.54. The van der Waals surface area contributed by atoms with E-state index in [1.54, 1.807) is 24.4 Å². The molecule has 0 fully saturated rings. The molecule has 0 spiro atoms. The normalized spacial score (nSPS) is 11.4. The quantitative estimate of drug-likeness (QED) is 0.216. The van der Waals surface area contributed by atoms with E-state index < -0.39 is 0 Å². The number of nitrogens with zero attached hydrogens (tertiary/aromatic N) is 3. The summed E-state index contributed by atoms with van der Waals surface area (Å²) in [6.45, 7) is 2.18. The van der Waals surface area contributed by atoms with Crippen molar-refractivity contribution in [1.29, 1.82) is 0 Å². The number of rotatable bonds is 6. The molecule has 9 heteroatoms. The number of aryl methyl sites for hydroxylation is 1. The van der Waals surface area contributed by atoms with Crippen LogP contribution in [0.3, 0.4) is 0 Å². The molecule has 0 atom stereocenters. The van der Waals surface area contributed by atoms with E-state index in [0.717, 1.165) is 10.0 Å². The van der Waals surface area contributed by atoms with Crippen LogP contribution in [0.1, 0.15) is 23.9 Å². The molecule has 1 heterocycles. The first-order valence-corrected chi connectivity index (χ1v) is 12.3. The van der Waals surface area contributed by atoms with E-state index in [1.165, 1.54) is 4.68 Å². The van der Waals surface area contributed by atoms with Gasteiger partial charge in [-0.15, -0.1) is 0 Å². The van der Waals surface area contributed by atoms with Crippen LogP contribution in [0.4, 0.5) is 0 Å². The Morgan fingerprint density at radius 3 is 2.67 bits per heavy atom. The summed E-state index contributed by atoms with van der Waals surface area (Å²) in [5.41, 5.74) is 1.82. The summed E-state index contributed by atoms with van der Waals surface area (Å²) in [6.07, 6.45) is 2.08. The number of halogens is 4. The minimum Gasteiger partial charge on any atom is -0.487 e. The Balaban J connectivity index is 1.75. The van der Waals surface area contributed by atoms with Crippen molar-refractivity contribution in [3.8, 4) is 5.75 Å². The highest BCUT2D eigenvalue weighted by atomic mass is 79.9. The van der Waals surface area contributed by atoms with Crippen molar-refractivity contribution >= 4 is 72.2 Å². The third-order valence-electron chi connectivity index (χ3n) is 4.87. The van der Waals surface area contributed by atoms with Gasteiger partial charge in [0.2, 0.25) is 0 Å². The number of benzene rings is 3. The van der Waals surface area contributed by atoms with E-state index in [2.05, 4.69) is 41.9 Å². The Labute approximate surface area is 217 Å². The molecule has 0 aliphatic rings.